The van der Waals surface area contributed by atoms with E-state index in [1.165, 1.54) is 11.1 Å². The zero-order valence-corrected chi connectivity index (χ0v) is 13.8. The molecule has 0 fully saturated rings. The van der Waals surface area contributed by atoms with Gasteiger partial charge in [0, 0.05) is 6.21 Å². The summed E-state index contributed by atoms with van der Waals surface area (Å²) in [5.41, 5.74) is 3.53. The van der Waals surface area contributed by atoms with Crippen LogP contribution in [0, 0.1) is 0 Å². The van der Waals surface area contributed by atoms with Crippen molar-refractivity contribution >= 4 is 6.21 Å². The molecule has 116 valence electrons. The van der Waals surface area contributed by atoms with Gasteiger partial charge in [0.1, 0.15) is 0 Å². The number of aliphatic imine (C=N–C) groups is 1. The predicted octanol–water partition coefficient (Wildman–Crippen LogP) is 5.92. The van der Waals surface area contributed by atoms with Crippen molar-refractivity contribution in [1.29, 1.82) is 0 Å². The summed E-state index contributed by atoms with van der Waals surface area (Å²) in [5, 5.41) is 0. The molecular weight excluding hydrogens is 278 g/mol. The van der Waals surface area contributed by atoms with Crippen LogP contribution in [0.5, 0.6) is 0 Å². The van der Waals surface area contributed by atoms with E-state index in [1.807, 2.05) is 50.4 Å². The molecule has 3 aromatic carbocycles. The molecule has 0 saturated carbocycles. The number of hydrogen-bond donors (Lipinski definition) is 0. The highest BCUT2D eigenvalue weighted by Gasteiger charge is 2.10. The first-order valence-corrected chi connectivity index (χ1v) is 8.11. The SMILES string of the molecule is C(=NC(c1ccccc1)c1ccccc1)c1ccccc1.CC. The zero-order chi connectivity index (χ0) is 16.3. The van der Waals surface area contributed by atoms with Crippen LogP contribution in [0.25, 0.3) is 0 Å². The van der Waals surface area contributed by atoms with Gasteiger partial charge in [0.2, 0.25) is 0 Å². The van der Waals surface area contributed by atoms with E-state index in [0.29, 0.717) is 0 Å². The molecule has 1 heteroatoms. The van der Waals surface area contributed by atoms with E-state index in [4.69, 9.17) is 4.99 Å². The van der Waals surface area contributed by atoms with Gasteiger partial charge in [0.25, 0.3) is 0 Å². The molecule has 0 aliphatic heterocycles. The van der Waals surface area contributed by atoms with Crippen molar-refractivity contribution in [2.45, 2.75) is 19.9 Å². The monoisotopic (exact) mass is 301 g/mol. The molecule has 3 rings (SSSR count). The van der Waals surface area contributed by atoms with Crippen molar-refractivity contribution in [3.63, 3.8) is 0 Å². The molecule has 0 aliphatic rings. The van der Waals surface area contributed by atoms with Crippen molar-refractivity contribution < 1.29 is 0 Å². The molecule has 0 N–H and O–H groups in total. The Labute approximate surface area is 139 Å². The maximum absolute atomic E-state index is 4.81. The van der Waals surface area contributed by atoms with E-state index in [9.17, 15) is 0 Å². The smallest absolute Gasteiger partial charge is 0.0999 e. The Morgan fingerprint density at radius 3 is 1.43 bits per heavy atom. The van der Waals surface area contributed by atoms with Crippen LogP contribution < -0.4 is 0 Å². The lowest BCUT2D eigenvalue weighted by molar-refractivity contribution is 0.878. The lowest BCUT2D eigenvalue weighted by atomic mass is 9.99. The Morgan fingerprint density at radius 2 is 1.00 bits per heavy atom. The molecule has 23 heavy (non-hydrogen) atoms. The van der Waals surface area contributed by atoms with Gasteiger partial charge in [-0.05, 0) is 16.7 Å². The van der Waals surface area contributed by atoms with Gasteiger partial charge in [-0.2, -0.15) is 0 Å². The molecule has 0 amide bonds. The summed E-state index contributed by atoms with van der Waals surface area (Å²) in [4.78, 5) is 4.81. The highest BCUT2D eigenvalue weighted by atomic mass is 14.8. The number of hydrogen-bond acceptors (Lipinski definition) is 1. The summed E-state index contributed by atoms with van der Waals surface area (Å²) in [7, 11) is 0. The lowest BCUT2D eigenvalue weighted by Gasteiger charge is -2.13. The Hall–Kier alpha value is -2.67. The van der Waals surface area contributed by atoms with Gasteiger partial charge < -0.3 is 0 Å². The highest BCUT2D eigenvalue weighted by molar-refractivity contribution is 5.79. The van der Waals surface area contributed by atoms with E-state index >= 15 is 0 Å². The second-order valence-corrected chi connectivity index (χ2v) is 4.91. The van der Waals surface area contributed by atoms with Crippen LogP contribution >= 0.6 is 0 Å². The van der Waals surface area contributed by atoms with E-state index in [1.54, 1.807) is 0 Å². The Balaban J connectivity index is 0.000000924. The fourth-order valence-electron chi connectivity index (χ4n) is 2.33. The molecule has 0 bridgehead atoms. The number of rotatable bonds is 4. The summed E-state index contributed by atoms with van der Waals surface area (Å²) in [6, 6.07) is 31.0. The standard InChI is InChI=1S/C20H17N.C2H6/c1-4-10-17(11-5-1)16-21-20(18-12-6-2-7-13-18)19-14-8-3-9-15-19;1-2/h1-16,20H;1-2H3. The van der Waals surface area contributed by atoms with E-state index in [0.717, 1.165) is 5.56 Å². The molecule has 0 saturated heterocycles. The Bertz CT molecular complexity index is 648. The molecule has 0 heterocycles. The summed E-state index contributed by atoms with van der Waals surface area (Å²) in [5.74, 6) is 0. The second kappa shape index (κ2) is 9.37. The van der Waals surface area contributed by atoms with Gasteiger partial charge >= 0.3 is 0 Å². The van der Waals surface area contributed by atoms with Crippen LogP contribution in [0.15, 0.2) is 96.0 Å². The Kier molecular flexibility index (Phi) is 6.80. The molecule has 0 aromatic heterocycles. The molecule has 0 atom stereocenters. The van der Waals surface area contributed by atoms with Crippen LogP contribution in [0.2, 0.25) is 0 Å². The summed E-state index contributed by atoms with van der Waals surface area (Å²) in [6.07, 6.45) is 1.95. The molecular formula is C22H23N. The number of nitrogens with zero attached hydrogens (tertiary/aromatic N) is 1. The van der Waals surface area contributed by atoms with E-state index in [-0.39, 0.29) is 6.04 Å². The summed E-state index contributed by atoms with van der Waals surface area (Å²) in [6.45, 7) is 4.00. The maximum Gasteiger partial charge on any atom is 0.0999 e. The van der Waals surface area contributed by atoms with Crippen LogP contribution in [0.1, 0.15) is 36.6 Å². The first-order chi connectivity index (χ1) is 11.4. The van der Waals surface area contributed by atoms with E-state index < -0.39 is 0 Å². The fourth-order valence-corrected chi connectivity index (χ4v) is 2.33. The number of benzene rings is 3. The van der Waals surface area contributed by atoms with Gasteiger partial charge in [-0.1, -0.05) is 105 Å². The van der Waals surface area contributed by atoms with Crippen LogP contribution in [-0.2, 0) is 0 Å². The van der Waals surface area contributed by atoms with Gasteiger partial charge in [0.05, 0.1) is 6.04 Å². The summed E-state index contributed by atoms with van der Waals surface area (Å²) >= 11 is 0. The zero-order valence-electron chi connectivity index (χ0n) is 13.8. The third-order valence-corrected chi connectivity index (χ3v) is 3.40. The minimum Gasteiger partial charge on any atom is -0.280 e. The third kappa shape index (κ3) is 4.93. The van der Waals surface area contributed by atoms with Crippen molar-refractivity contribution in [1.82, 2.24) is 0 Å². The van der Waals surface area contributed by atoms with Crippen LogP contribution in [0.4, 0.5) is 0 Å². The minimum atomic E-state index is 0.0348. The van der Waals surface area contributed by atoms with Crippen LogP contribution in [-0.4, -0.2) is 6.21 Å². The van der Waals surface area contributed by atoms with E-state index in [2.05, 4.69) is 60.7 Å². The predicted molar refractivity (Wildman–Crippen MR) is 100 cm³/mol. The first-order valence-electron chi connectivity index (χ1n) is 8.11. The normalized spacial score (nSPS) is 10.4. The first kappa shape index (κ1) is 16.7. The molecule has 0 radical (unpaired) electrons. The highest BCUT2D eigenvalue weighted by Crippen LogP contribution is 2.25. The third-order valence-electron chi connectivity index (χ3n) is 3.40. The maximum atomic E-state index is 4.81. The van der Waals surface area contributed by atoms with Crippen molar-refractivity contribution in [2.75, 3.05) is 0 Å². The van der Waals surface area contributed by atoms with Crippen molar-refractivity contribution in [3.8, 4) is 0 Å². The average Bonchev–Trinajstić information content (AvgIpc) is 2.66. The van der Waals surface area contributed by atoms with Crippen molar-refractivity contribution in [3.05, 3.63) is 108 Å². The molecule has 0 aliphatic carbocycles. The van der Waals surface area contributed by atoms with Gasteiger partial charge in [0.15, 0.2) is 0 Å². The average molecular weight is 301 g/mol. The molecule has 1 nitrogen and oxygen atoms in total. The molecule has 0 unspecified atom stereocenters. The largest absolute Gasteiger partial charge is 0.280 e. The van der Waals surface area contributed by atoms with Crippen LogP contribution in [0.3, 0.4) is 0 Å². The van der Waals surface area contributed by atoms with Crippen molar-refractivity contribution in [2.24, 2.45) is 4.99 Å². The molecule has 3 aromatic rings. The lowest BCUT2D eigenvalue weighted by Crippen LogP contribution is -1.98. The van der Waals surface area contributed by atoms with Gasteiger partial charge in [-0.15, -0.1) is 0 Å². The minimum absolute atomic E-state index is 0.0348. The fraction of sp³-hybridized carbons (Fsp3) is 0.136. The topological polar surface area (TPSA) is 12.4 Å². The van der Waals surface area contributed by atoms with Gasteiger partial charge in [-0.25, -0.2) is 0 Å². The Morgan fingerprint density at radius 1 is 0.609 bits per heavy atom. The van der Waals surface area contributed by atoms with Gasteiger partial charge in [-0.3, -0.25) is 4.99 Å². The molecule has 0 spiro atoms. The quantitative estimate of drug-likeness (QED) is 0.530. The second-order valence-electron chi connectivity index (χ2n) is 4.91. The summed E-state index contributed by atoms with van der Waals surface area (Å²) < 4.78 is 0.